The molecular weight excluding hydrogens is 562 g/mol. The van der Waals surface area contributed by atoms with Crippen LogP contribution < -0.4 is 31.8 Å². The SMILES string of the molecule is CC1(C)c2cc(P3(=O)c4ccccc4-c4ccccc43)ccc2-c2ccc(P3(=O)c4ccccc4-c4ccccc43)cc21. The van der Waals surface area contributed by atoms with Gasteiger partial charge in [-0.2, -0.15) is 0 Å². The molecule has 6 aromatic carbocycles. The van der Waals surface area contributed by atoms with E-state index in [1.54, 1.807) is 0 Å². The molecule has 0 radical (unpaired) electrons. The van der Waals surface area contributed by atoms with Crippen molar-refractivity contribution in [3.05, 3.63) is 145 Å². The van der Waals surface area contributed by atoms with Crippen molar-refractivity contribution in [3.8, 4) is 33.4 Å². The van der Waals surface area contributed by atoms with Gasteiger partial charge >= 0.3 is 0 Å². The van der Waals surface area contributed by atoms with Gasteiger partial charge in [0.05, 0.1) is 0 Å². The van der Waals surface area contributed by atoms with E-state index in [0.717, 1.165) is 65.2 Å². The van der Waals surface area contributed by atoms with Crippen molar-refractivity contribution < 1.29 is 9.13 Å². The number of hydrogen-bond donors (Lipinski definition) is 0. The van der Waals surface area contributed by atoms with Crippen LogP contribution in [0.15, 0.2) is 133 Å². The topological polar surface area (TPSA) is 34.1 Å². The molecule has 0 saturated carbocycles. The summed E-state index contributed by atoms with van der Waals surface area (Å²) in [4.78, 5) is 0. The summed E-state index contributed by atoms with van der Waals surface area (Å²) in [6.45, 7) is 4.48. The monoisotopic (exact) mass is 590 g/mol. The summed E-state index contributed by atoms with van der Waals surface area (Å²) in [5.41, 5.74) is 8.56. The molecule has 0 N–H and O–H groups in total. The molecular formula is C39H28O2P2. The van der Waals surface area contributed by atoms with E-state index in [-0.39, 0.29) is 5.41 Å². The van der Waals surface area contributed by atoms with Crippen molar-refractivity contribution in [2.24, 2.45) is 0 Å². The van der Waals surface area contributed by atoms with Crippen LogP contribution in [0.2, 0.25) is 0 Å². The second-order valence-electron chi connectivity index (χ2n) is 12.4. The molecule has 4 heteroatoms. The Hall–Kier alpha value is -4.22. The Morgan fingerprint density at radius 1 is 0.395 bits per heavy atom. The highest BCUT2D eigenvalue weighted by molar-refractivity contribution is 7.87. The minimum atomic E-state index is -3.04. The fraction of sp³-hybridized carbons (Fsp3) is 0.0769. The number of hydrogen-bond acceptors (Lipinski definition) is 2. The molecule has 3 aliphatic rings. The molecule has 9 rings (SSSR count). The molecule has 0 spiro atoms. The largest absolute Gasteiger partial charge is 0.309 e. The normalized spacial score (nSPS) is 16.9. The zero-order chi connectivity index (χ0) is 29.1. The summed E-state index contributed by atoms with van der Waals surface area (Å²) >= 11 is 0. The predicted octanol–water partition coefficient (Wildman–Crippen LogP) is 7.23. The average molecular weight is 591 g/mol. The van der Waals surface area contributed by atoms with E-state index in [9.17, 15) is 0 Å². The smallest absolute Gasteiger partial charge is 0.172 e. The standard InChI is InChI=1S/C39H28O2P2/c1-39(2)33-23-25(42(40)35-15-7-3-11-29(35)30-12-4-8-16-36(30)42)19-21-27(33)28-22-20-26(24-34(28)39)43(41)37-17-9-5-13-31(37)32-14-6-10-18-38(32)43/h3-24H,1-2H3. The first-order valence-corrected chi connectivity index (χ1v) is 18.2. The molecule has 6 aromatic rings. The Morgan fingerprint density at radius 2 is 0.698 bits per heavy atom. The fourth-order valence-electron chi connectivity index (χ4n) is 7.83. The molecule has 1 aliphatic carbocycles. The second kappa shape index (κ2) is 8.45. The summed E-state index contributed by atoms with van der Waals surface area (Å²) in [7, 11) is -6.08. The molecule has 0 amide bonds. The van der Waals surface area contributed by atoms with Crippen molar-refractivity contribution in [1.29, 1.82) is 0 Å². The quantitative estimate of drug-likeness (QED) is 0.199. The molecule has 2 heterocycles. The van der Waals surface area contributed by atoms with Crippen LogP contribution in [0, 0.1) is 0 Å². The maximum Gasteiger partial charge on any atom is 0.172 e. The third-order valence-corrected chi connectivity index (χ3v) is 16.2. The van der Waals surface area contributed by atoms with E-state index in [0.29, 0.717) is 0 Å². The van der Waals surface area contributed by atoms with Gasteiger partial charge in [0.25, 0.3) is 0 Å². The maximum absolute atomic E-state index is 15.2. The zero-order valence-corrected chi connectivity index (χ0v) is 25.7. The van der Waals surface area contributed by atoms with Crippen LogP contribution in [0.4, 0.5) is 0 Å². The summed E-state index contributed by atoms with van der Waals surface area (Å²) in [5, 5.41) is 5.42. The predicted molar refractivity (Wildman–Crippen MR) is 181 cm³/mol. The van der Waals surface area contributed by atoms with Crippen molar-refractivity contribution in [2.75, 3.05) is 0 Å². The lowest BCUT2D eigenvalue weighted by atomic mass is 9.82. The first kappa shape index (κ1) is 25.3. The molecule has 0 saturated heterocycles. The molecule has 0 aromatic heterocycles. The Labute approximate surface area is 251 Å². The van der Waals surface area contributed by atoms with Crippen LogP contribution in [0.25, 0.3) is 33.4 Å². The van der Waals surface area contributed by atoms with Gasteiger partial charge in [-0.1, -0.05) is 135 Å². The number of benzene rings is 6. The molecule has 0 bridgehead atoms. The van der Waals surface area contributed by atoms with Crippen LogP contribution in [0.5, 0.6) is 0 Å². The Morgan fingerprint density at radius 3 is 1.02 bits per heavy atom. The Kier molecular flexibility index (Phi) is 4.97. The Balaban J connectivity index is 1.22. The Bertz CT molecular complexity index is 2030. The van der Waals surface area contributed by atoms with Gasteiger partial charge in [0.1, 0.15) is 0 Å². The van der Waals surface area contributed by atoms with E-state index in [2.05, 4.69) is 74.5 Å². The third-order valence-electron chi connectivity index (χ3n) is 9.92. The molecule has 43 heavy (non-hydrogen) atoms. The van der Waals surface area contributed by atoms with Gasteiger partial charge in [-0.3, -0.25) is 0 Å². The van der Waals surface area contributed by atoms with E-state index in [1.807, 2.05) is 72.8 Å². The average Bonchev–Trinajstić information content (AvgIpc) is 3.57. The van der Waals surface area contributed by atoms with E-state index < -0.39 is 14.3 Å². The minimum Gasteiger partial charge on any atom is -0.309 e. The number of rotatable bonds is 2. The lowest BCUT2D eigenvalue weighted by Gasteiger charge is -2.25. The van der Waals surface area contributed by atoms with Crippen molar-refractivity contribution in [1.82, 2.24) is 0 Å². The van der Waals surface area contributed by atoms with Crippen LogP contribution >= 0.6 is 14.3 Å². The van der Waals surface area contributed by atoms with E-state index >= 15 is 9.13 Å². The highest BCUT2D eigenvalue weighted by atomic mass is 31.2. The molecule has 0 fully saturated rings. The van der Waals surface area contributed by atoms with Gasteiger partial charge in [-0.05, 0) is 56.6 Å². The van der Waals surface area contributed by atoms with Gasteiger partial charge in [-0.15, -0.1) is 0 Å². The van der Waals surface area contributed by atoms with Gasteiger partial charge in [0.15, 0.2) is 14.3 Å². The van der Waals surface area contributed by atoms with Crippen LogP contribution in [-0.4, -0.2) is 0 Å². The van der Waals surface area contributed by atoms with Crippen molar-refractivity contribution >= 4 is 46.1 Å². The zero-order valence-electron chi connectivity index (χ0n) is 23.9. The van der Waals surface area contributed by atoms with Crippen molar-refractivity contribution in [2.45, 2.75) is 19.3 Å². The summed E-state index contributed by atoms with van der Waals surface area (Å²) in [6.07, 6.45) is 0. The van der Waals surface area contributed by atoms with Gasteiger partial charge in [-0.25, -0.2) is 0 Å². The summed E-state index contributed by atoms with van der Waals surface area (Å²) in [6, 6.07) is 45.4. The van der Waals surface area contributed by atoms with Gasteiger partial charge in [0, 0.05) is 37.2 Å². The molecule has 2 nitrogen and oxygen atoms in total. The minimum absolute atomic E-state index is 0.355. The van der Waals surface area contributed by atoms with Crippen molar-refractivity contribution in [3.63, 3.8) is 0 Å². The van der Waals surface area contributed by atoms with E-state index in [4.69, 9.17) is 0 Å². The first-order chi connectivity index (χ1) is 20.8. The molecule has 2 aliphatic heterocycles. The third kappa shape index (κ3) is 3.06. The molecule has 0 atom stereocenters. The molecule has 0 unspecified atom stereocenters. The maximum atomic E-state index is 15.2. The van der Waals surface area contributed by atoms with Gasteiger partial charge in [0.2, 0.25) is 0 Å². The second-order valence-corrected chi connectivity index (χ2v) is 17.8. The van der Waals surface area contributed by atoms with Gasteiger partial charge < -0.3 is 9.13 Å². The highest BCUT2D eigenvalue weighted by Crippen LogP contribution is 2.56. The summed E-state index contributed by atoms with van der Waals surface area (Å²) in [5.74, 6) is 0. The molecule has 206 valence electrons. The van der Waals surface area contributed by atoms with Crippen LogP contribution in [0.1, 0.15) is 25.0 Å². The lowest BCUT2D eigenvalue weighted by molar-refractivity contribution is 0.592. The fourth-order valence-corrected chi connectivity index (χ4v) is 14.0. The lowest BCUT2D eigenvalue weighted by Crippen LogP contribution is -2.25. The summed E-state index contributed by atoms with van der Waals surface area (Å²) < 4.78 is 30.4. The van der Waals surface area contributed by atoms with E-state index in [1.165, 1.54) is 11.1 Å². The number of fused-ring (bicyclic) bond motifs is 9. The van der Waals surface area contributed by atoms with Crippen LogP contribution in [0.3, 0.4) is 0 Å². The first-order valence-electron chi connectivity index (χ1n) is 14.7. The van der Waals surface area contributed by atoms with Crippen LogP contribution in [-0.2, 0) is 14.5 Å². The highest BCUT2D eigenvalue weighted by Gasteiger charge is 2.44.